The maximum absolute atomic E-state index is 11.9. The number of nitrogens with one attached hydrogen (secondary N) is 1. The van der Waals surface area contributed by atoms with Crippen molar-refractivity contribution in [2.75, 3.05) is 26.8 Å². The van der Waals surface area contributed by atoms with E-state index in [1.807, 2.05) is 29.2 Å². The Hall–Kier alpha value is -1.88. The first-order valence-corrected chi connectivity index (χ1v) is 6.49. The van der Waals surface area contributed by atoms with Crippen LogP contribution in [-0.4, -0.2) is 47.6 Å². The van der Waals surface area contributed by atoms with Gasteiger partial charge in [0.25, 0.3) is 0 Å². The van der Waals surface area contributed by atoms with Crippen molar-refractivity contribution in [2.24, 2.45) is 0 Å². The normalized spacial score (nSPS) is 19.5. The Bertz CT molecular complexity index is 560. The monoisotopic (exact) mass is 259 g/mol. The number of aromatic nitrogens is 2. The molecule has 0 spiro atoms. The molecule has 0 bridgehead atoms. The quantitative estimate of drug-likeness (QED) is 0.905. The average Bonchev–Trinajstić information content (AvgIpc) is 2.99. The number of benzene rings is 1. The highest BCUT2D eigenvalue weighted by Gasteiger charge is 2.32. The Balaban J connectivity index is 1.78. The number of likely N-dealkylation sites (tertiary alicyclic amines) is 1. The summed E-state index contributed by atoms with van der Waals surface area (Å²) in [7, 11) is 1.65. The maximum Gasteiger partial charge on any atom is 0.223 e. The fourth-order valence-corrected chi connectivity index (χ4v) is 2.54. The molecule has 3 rings (SSSR count). The van der Waals surface area contributed by atoms with E-state index in [2.05, 4.69) is 9.97 Å². The topological polar surface area (TPSA) is 58.2 Å². The van der Waals surface area contributed by atoms with Crippen LogP contribution in [0.2, 0.25) is 0 Å². The third-order valence-electron chi connectivity index (χ3n) is 3.57. The molecule has 1 unspecified atom stereocenters. The zero-order valence-electron chi connectivity index (χ0n) is 10.9. The van der Waals surface area contributed by atoms with Crippen LogP contribution in [-0.2, 0) is 9.53 Å². The van der Waals surface area contributed by atoms with Gasteiger partial charge in [-0.25, -0.2) is 4.98 Å². The minimum Gasteiger partial charge on any atom is -0.383 e. The molecule has 1 aromatic carbocycles. The summed E-state index contributed by atoms with van der Waals surface area (Å²) in [6, 6.07) is 7.94. The van der Waals surface area contributed by atoms with E-state index in [1.54, 1.807) is 7.11 Å². The second-order valence-electron chi connectivity index (χ2n) is 4.87. The number of imidazole rings is 1. The Morgan fingerprint density at radius 1 is 1.47 bits per heavy atom. The van der Waals surface area contributed by atoms with E-state index in [4.69, 9.17) is 4.74 Å². The number of hydrogen-bond acceptors (Lipinski definition) is 3. The lowest BCUT2D eigenvalue weighted by Gasteiger charge is -2.15. The molecule has 1 aliphatic rings. The van der Waals surface area contributed by atoms with E-state index >= 15 is 0 Å². The van der Waals surface area contributed by atoms with E-state index in [9.17, 15) is 4.79 Å². The average molecular weight is 259 g/mol. The zero-order valence-corrected chi connectivity index (χ0v) is 10.9. The number of aromatic amines is 1. The third-order valence-corrected chi connectivity index (χ3v) is 3.57. The van der Waals surface area contributed by atoms with Gasteiger partial charge in [0.15, 0.2) is 0 Å². The molecule has 1 aliphatic heterocycles. The number of methoxy groups -OCH3 is 1. The van der Waals surface area contributed by atoms with Gasteiger partial charge in [-0.1, -0.05) is 12.1 Å². The van der Waals surface area contributed by atoms with E-state index in [1.165, 1.54) is 0 Å². The van der Waals surface area contributed by atoms with Crippen molar-refractivity contribution in [3.8, 4) is 0 Å². The van der Waals surface area contributed by atoms with Gasteiger partial charge in [0, 0.05) is 32.5 Å². The molecule has 5 heteroatoms. The van der Waals surface area contributed by atoms with Crippen LogP contribution in [0.4, 0.5) is 0 Å². The summed E-state index contributed by atoms with van der Waals surface area (Å²) in [4.78, 5) is 21.6. The van der Waals surface area contributed by atoms with Crippen molar-refractivity contribution in [1.29, 1.82) is 0 Å². The minimum absolute atomic E-state index is 0.164. The van der Waals surface area contributed by atoms with Crippen molar-refractivity contribution in [1.82, 2.24) is 14.9 Å². The highest BCUT2D eigenvalue weighted by Crippen LogP contribution is 2.27. The smallest absolute Gasteiger partial charge is 0.223 e. The summed E-state index contributed by atoms with van der Waals surface area (Å²) < 4.78 is 5.02. The van der Waals surface area contributed by atoms with Crippen LogP contribution in [0.5, 0.6) is 0 Å². The van der Waals surface area contributed by atoms with Crippen LogP contribution >= 0.6 is 0 Å². The lowest BCUT2D eigenvalue weighted by Crippen LogP contribution is -2.28. The number of ether oxygens (including phenoxy) is 1. The number of carbonyl (C=O) groups is 1. The van der Waals surface area contributed by atoms with Gasteiger partial charge in [0.1, 0.15) is 5.82 Å². The van der Waals surface area contributed by atoms with Gasteiger partial charge >= 0.3 is 0 Å². The van der Waals surface area contributed by atoms with E-state index in [0.29, 0.717) is 19.6 Å². The molecule has 1 N–H and O–H groups in total. The lowest BCUT2D eigenvalue weighted by atomic mass is 10.1. The van der Waals surface area contributed by atoms with E-state index in [0.717, 1.165) is 23.4 Å². The fourth-order valence-electron chi connectivity index (χ4n) is 2.54. The molecule has 1 aromatic heterocycles. The van der Waals surface area contributed by atoms with Crippen molar-refractivity contribution < 1.29 is 9.53 Å². The van der Waals surface area contributed by atoms with Gasteiger partial charge in [0.2, 0.25) is 5.91 Å². The van der Waals surface area contributed by atoms with Crippen molar-refractivity contribution in [3.05, 3.63) is 30.1 Å². The van der Waals surface area contributed by atoms with Gasteiger partial charge in [-0.05, 0) is 12.1 Å². The first-order chi connectivity index (χ1) is 9.28. The number of para-hydroxylation sites is 2. The van der Waals surface area contributed by atoms with Gasteiger partial charge in [-0.15, -0.1) is 0 Å². The minimum atomic E-state index is 0.164. The summed E-state index contributed by atoms with van der Waals surface area (Å²) in [6.07, 6.45) is 0.531. The summed E-state index contributed by atoms with van der Waals surface area (Å²) in [5.41, 5.74) is 1.99. The first-order valence-electron chi connectivity index (χ1n) is 6.49. The Labute approximate surface area is 111 Å². The van der Waals surface area contributed by atoms with Gasteiger partial charge in [0.05, 0.1) is 17.6 Å². The molecule has 19 heavy (non-hydrogen) atoms. The predicted octanol–water partition coefficient (Wildman–Crippen LogP) is 1.53. The number of rotatable bonds is 4. The molecule has 0 aliphatic carbocycles. The highest BCUT2D eigenvalue weighted by molar-refractivity contribution is 5.80. The molecule has 5 nitrogen and oxygen atoms in total. The van der Waals surface area contributed by atoms with Gasteiger partial charge in [-0.2, -0.15) is 0 Å². The van der Waals surface area contributed by atoms with E-state index < -0.39 is 0 Å². The number of nitrogens with zero attached hydrogens (tertiary/aromatic N) is 2. The number of carbonyl (C=O) groups excluding carboxylic acids is 1. The SMILES string of the molecule is COCCN1CC(c2nc3ccccc3[nH]2)CC1=O. The Kier molecular flexibility index (Phi) is 3.21. The number of fused-ring (bicyclic) bond motifs is 1. The highest BCUT2D eigenvalue weighted by atomic mass is 16.5. The zero-order chi connectivity index (χ0) is 13.2. The molecule has 2 heterocycles. The standard InChI is InChI=1S/C14H17N3O2/c1-19-7-6-17-9-10(8-13(17)18)14-15-11-4-2-3-5-12(11)16-14/h2-5,10H,6-9H2,1H3,(H,15,16). The molecule has 1 fully saturated rings. The van der Waals surface area contributed by atoms with Gasteiger partial charge < -0.3 is 14.6 Å². The number of amides is 1. The van der Waals surface area contributed by atoms with Crippen LogP contribution in [0.15, 0.2) is 24.3 Å². The van der Waals surface area contributed by atoms with Crippen molar-refractivity contribution >= 4 is 16.9 Å². The summed E-state index contributed by atoms with van der Waals surface area (Å²) in [5.74, 6) is 1.26. The second-order valence-corrected chi connectivity index (χ2v) is 4.87. The van der Waals surface area contributed by atoms with Crippen LogP contribution in [0.3, 0.4) is 0 Å². The summed E-state index contributed by atoms with van der Waals surface area (Å²) in [6.45, 7) is 1.96. The van der Waals surface area contributed by atoms with Crippen LogP contribution in [0.1, 0.15) is 18.2 Å². The molecule has 1 amide bonds. The van der Waals surface area contributed by atoms with Crippen molar-refractivity contribution in [2.45, 2.75) is 12.3 Å². The van der Waals surface area contributed by atoms with Crippen molar-refractivity contribution in [3.63, 3.8) is 0 Å². The Morgan fingerprint density at radius 3 is 3.11 bits per heavy atom. The molecular formula is C14H17N3O2. The summed E-state index contributed by atoms with van der Waals surface area (Å²) >= 11 is 0. The van der Waals surface area contributed by atoms with Crippen LogP contribution < -0.4 is 0 Å². The first kappa shape index (κ1) is 12.2. The van der Waals surface area contributed by atoms with Crippen LogP contribution in [0.25, 0.3) is 11.0 Å². The maximum atomic E-state index is 11.9. The largest absolute Gasteiger partial charge is 0.383 e. The molecule has 1 saturated heterocycles. The fraction of sp³-hybridized carbons (Fsp3) is 0.429. The molecule has 0 saturated carbocycles. The molecular weight excluding hydrogens is 242 g/mol. The third kappa shape index (κ3) is 2.33. The molecule has 1 atom stereocenters. The lowest BCUT2D eigenvalue weighted by molar-refractivity contribution is -0.128. The second kappa shape index (κ2) is 5.01. The number of hydrogen-bond donors (Lipinski definition) is 1. The number of H-pyrrole nitrogens is 1. The Morgan fingerprint density at radius 2 is 2.32 bits per heavy atom. The predicted molar refractivity (Wildman–Crippen MR) is 71.9 cm³/mol. The molecule has 100 valence electrons. The molecule has 2 aromatic rings. The van der Waals surface area contributed by atoms with Crippen LogP contribution in [0, 0.1) is 0 Å². The van der Waals surface area contributed by atoms with Gasteiger partial charge in [-0.3, -0.25) is 4.79 Å². The summed E-state index contributed by atoms with van der Waals surface area (Å²) in [5, 5.41) is 0. The van der Waals surface area contributed by atoms with E-state index in [-0.39, 0.29) is 11.8 Å². The molecule has 0 radical (unpaired) electrons.